The first kappa shape index (κ1) is 15.3. The van der Waals surface area contributed by atoms with Gasteiger partial charge in [0.25, 0.3) is 0 Å². The average molecular weight is 288 g/mol. The molecule has 1 aromatic carbocycles. The van der Waals surface area contributed by atoms with Crippen molar-refractivity contribution in [2.24, 2.45) is 0 Å². The van der Waals surface area contributed by atoms with E-state index in [4.69, 9.17) is 23.2 Å². The van der Waals surface area contributed by atoms with Crippen LogP contribution in [0.2, 0.25) is 0 Å². The Morgan fingerprint density at radius 3 is 2.56 bits per heavy atom. The fourth-order valence-corrected chi connectivity index (χ4v) is 2.21. The summed E-state index contributed by atoms with van der Waals surface area (Å²) in [6, 6.07) is 6.12. The summed E-state index contributed by atoms with van der Waals surface area (Å²) in [5, 5.41) is -0.519. The summed E-state index contributed by atoms with van der Waals surface area (Å²) < 4.78 is 0. The van der Waals surface area contributed by atoms with Crippen LogP contribution < -0.4 is 4.90 Å². The number of amides is 1. The van der Waals surface area contributed by atoms with Crippen LogP contribution in [-0.2, 0) is 11.2 Å². The highest BCUT2D eigenvalue weighted by atomic mass is 35.5. The molecule has 100 valence electrons. The van der Waals surface area contributed by atoms with Gasteiger partial charge < -0.3 is 0 Å². The lowest BCUT2D eigenvalue weighted by Crippen LogP contribution is -2.36. The van der Waals surface area contributed by atoms with Gasteiger partial charge in [-0.25, -0.2) is 0 Å². The predicted molar refractivity (Wildman–Crippen MR) is 78.7 cm³/mol. The molecule has 0 radical (unpaired) electrons. The SMILES string of the molecule is CCc1cc(C)ccc1N(CCl)C(=O)C(Cl)CC. The zero-order valence-electron chi connectivity index (χ0n) is 11.0. The highest BCUT2D eigenvalue weighted by molar-refractivity contribution is 6.34. The van der Waals surface area contributed by atoms with Crippen molar-refractivity contribution in [1.29, 1.82) is 0 Å². The molecule has 1 rings (SSSR count). The van der Waals surface area contributed by atoms with Gasteiger partial charge in [-0.3, -0.25) is 9.69 Å². The fourth-order valence-electron chi connectivity index (χ4n) is 1.85. The molecular formula is C14H19Cl2NO. The third kappa shape index (κ3) is 3.39. The first-order chi connectivity index (χ1) is 8.54. The van der Waals surface area contributed by atoms with Gasteiger partial charge in [-0.1, -0.05) is 31.5 Å². The summed E-state index contributed by atoms with van der Waals surface area (Å²) >= 11 is 11.9. The highest BCUT2D eigenvalue weighted by Crippen LogP contribution is 2.25. The maximum atomic E-state index is 12.2. The molecule has 0 bridgehead atoms. The minimum Gasteiger partial charge on any atom is -0.297 e. The minimum atomic E-state index is -0.519. The molecule has 1 amide bonds. The predicted octanol–water partition coefficient (Wildman–Crippen LogP) is 4.10. The van der Waals surface area contributed by atoms with Gasteiger partial charge >= 0.3 is 0 Å². The molecule has 0 heterocycles. The Bertz CT molecular complexity index is 420. The molecule has 0 aromatic heterocycles. The second kappa shape index (κ2) is 7.01. The van der Waals surface area contributed by atoms with Crippen molar-refractivity contribution >= 4 is 34.8 Å². The summed E-state index contributed by atoms with van der Waals surface area (Å²) in [6.45, 7) is 5.98. The topological polar surface area (TPSA) is 20.3 Å². The van der Waals surface area contributed by atoms with Gasteiger partial charge in [0.1, 0.15) is 11.4 Å². The van der Waals surface area contributed by atoms with Crippen molar-refractivity contribution in [1.82, 2.24) is 0 Å². The average Bonchev–Trinajstić information content (AvgIpc) is 2.39. The van der Waals surface area contributed by atoms with Gasteiger partial charge in [0.2, 0.25) is 5.91 Å². The van der Waals surface area contributed by atoms with E-state index in [0.717, 1.165) is 17.7 Å². The Balaban J connectivity index is 3.12. The molecule has 0 aliphatic rings. The number of hydrogen-bond acceptors (Lipinski definition) is 1. The normalized spacial score (nSPS) is 12.3. The number of carbonyl (C=O) groups is 1. The van der Waals surface area contributed by atoms with E-state index in [0.29, 0.717) is 6.42 Å². The summed E-state index contributed by atoms with van der Waals surface area (Å²) in [7, 11) is 0. The largest absolute Gasteiger partial charge is 0.297 e. The van der Waals surface area contributed by atoms with E-state index in [1.807, 2.05) is 26.0 Å². The second-order valence-electron chi connectivity index (χ2n) is 4.25. The van der Waals surface area contributed by atoms with Crippen LogP contribution in [-0.4, -0.2) is 17.3 Å². The Morgan fingerprint density at radius 2 is 2.06 bits per heavy atom. The Kier molecular flexibility index (Phi) is 5.97. The quantitative estimate of drug-likeness (QED) is 0.590. The van der Waals surface area contributed by atoms with Gasteiger partial charge in [0.05, 0.1) is 0 Å². The molecule has 0 aliphatic heterocycles. The molecule has 4 heteroatoms. The minimum absolute atomic E-state index is 0.123. The molecule has 18 heavy (non-hydrogen) atoms. The maximum absolute atomic E-state index is 12.2. The van der Waals surface area contributed by atoms with E-state index >= 15 is 0 Å². The van der Waals surface area contributed by atoms with E-state index < -0.39 is 5.38 Å². The van der Waals surface area contributed by atoms with E-state index in [-0.39, 0.29) is 11.9 Å². The van der Waals surface area contributed by atoms with Crippen molar-refractivity contribution in [3.8, 4) is 0 Å². The van der Waals surface area contributed by atoms with E-state index in [2.05, 4.69) is 13.0 Å². The molecule has 0 saturated heterocycles. The third-order valence-corrected chi connectivity index (χ3v) is 3.65. The molecule has 0 fully saturated rings. The van der Waals surface area contributed by atoms with Crippen LogP contribution in [0, 0.1) is 6.92 Å². The number of nitrogens with zero attached hydrogens (tertiary/aromatic N) is 1. The number of anilines is 1. The molecule has 1 unspecified atom stereocenters. The first-order valence-corrected chi connectivity index (χ1v) is 7.13. The number of halogens is 2. The Hall–Kier alpha value is -0.730. The smallest absolute Gasteiger partial charge is 0.246 e. The highest BCUT2D eigenvalue weighted by Gasteiger charge is 2.23. The Labute approximate surface area is 119 Å². The number of carbonyl (C=O) groups excluding carboxylic acids is 1. The lowest BCUT2D eigenvalue weighted by atomic mass is 10.1. The van der Waals surface area contributed by atoms with Gasteiger partial charge in [0.15, 0.2) is 0 Å². The van der Waals surface area contributed by atoms with Crippen molar-refractivity contribution in [3.05, 3.63) is 29.3 Å². The van der Waals surface area contributed by atoms with Gasteiger partial charge in [-0.05, 0) is 31.4 Å². The molecule has 1 aromatic rings. The first-order valence-electron chi connectivity index (χ1n) is 6.16. The van der Waals surface area contributed by atoms with Crippen LogP contribution in [0.15, 0.2) is 18.2 Å². The van der Waals surface area contributed by atoms with Gasteiger partial charge in [0, 0.05) is 5.69 Å². The lowest BCUT2D eigenvalue weighted by Gasteiger charge is -2.24. The fraction of sp³-hybridized carbons (Fsp3) is 0.500. The van der Waals surface area contributed by atoms with Crippen LogP contribution >= 0.6 is 23.2 Å². The van der Waals surface area contributed by atoms with Gasteiger partial charge in [-0.2, -0.15) is 0 Å². The summed E-state index contributed by atoms with van der Waals surface area (Å²) in [6.07, 6.45) is 1.46. The zero-order valence-corrected chi connectivity index (χ0v) is 12.6. The van der Waals surface area contributed by atoms with Crippen LogP contribution in [0.25, 0.3) is 0 Å². The number of rotatable bonds is 5. The maximum Gasteiger partial charge on any atom is 0.246 e. The summed E-state index contributed by atoms with van der Waals surface area (Å²) in [5.41, 5.74) is 3.15. The molecule has 0 spiro atoms. The third-order valence-electron chi connectivity index (χ3n) is 2.92. The van der Waals surface area contributed by atoms with Crippen molar-refractivity contribution in [3.63, 3.8) is 0 Å². The van der Waals surface area contributed by atoms with Crippen molar-refractivity contribution < 1.29 is 4.79 Å². The molecule has 0 saturated carbocycles. The number of aryl methyl sites for hydroxylation is 2. The van der Waals surface area contributed by atoms with Crippen LogP contribution in [0.1, 0.15) is 31.4 Å². The monoisotopic (exact) mass is 287 g/mol. The molecule has 1 atom stereocenters. The molecule has 2 nitrogen and oxygen atoms in total. The van der Waals surface area contributed by atoms with Crippen molar-refractivity contribution in [2.45, 2.75) is 39.0 Å². The van der Waals surface area contributed by atoms with E-state index in [9.17, 15) is 4.79 Å². The Morgan fingerprint density at radius 1 is 1.39 bits per heavy atom. The lowest BCUT2D eigenvalue weighted by molar-refractivity contribution is -0.118. The summed E-state index contributed by atoms with van der Waals surface area (Å²) in [5.74, 6) is -0.132. The van der Waals surface area contributed by atoms with Crippen LogP contribution in [0.3, 0.4) is 0 Å². The van der Waals surface area contributed by atoms with E-state index in [1.165, 1.54) is 5.56 Å². The zero-order chi connectivity index (χ0) is 13.7. The van der Waals surface area contributed by atoms with Crippen LogP contribution in [0.5, 0.6) is 0 Å². The molecule has 0 N–H and O–H groups in total. The standard InChI is InChI=1S/C14H19Cl2NO/c1-4-11-8-10(3)6-7-13(11)17(9-15)14(18)12(16)5-2/h6-8,12H,4-5,9H2,1-3H3. The molecule has 0 aliphatic carbocycles. The second-order valence-corrected chi connectivity index (χ2v) is 5.01. The van der Waals surface area contributed by atoms with Gasteiger partial charge in [-0.15, -0.1) is 23.2 Å². The number of hydrogen-bond donors (Lipinski definition) is 0. The molecular weight excluding hydrogens is 269 g/mol. The van der Waals surface area contributed by atoms with Crippen LogP contribution in [0.4, 0.5) is 5.69 Å². The summed E-state index contributed by atoms with van der Waals surface area (Å²) in [4.78, 5) is 13.7. The number of alkyl halides is 2. The van der Waals surface area contributed by atoms with Crippen molar-refractivity contribution in [2.75, 3.05) is 10.9 Å². The van der Waals surface area contributed by atoms with E-state index in [1.54, 1.807) is 4.90 Å². The number of benzene rings is 1.